The van der Waals surface area contributed by atoms with Gasteiger partial charge in [0.05, 0.1) is 13.2 Å². The zero-order chi connectivity index (χ0) is 12.3. The molecule has 1 aliphatic heterocycles. The highest BCUT2D eigenvalue weighted by Gasteiger charge is 2.28. The third-order valence-electron chi connectivity index (χ3n) is 2.75. The fourth-order valence-electron chi connectivity index (χ4n) is 1.79. The summed E-state index contributed by atoms with van der Waals surface area (Å²) in [6.45, 7) is 4.05. The summed E-state index contributed by atoms with van der Waals surface area (Å²) in [5.74, 6) is 0.597. The van der Waals surface area contributed by atoms with Gasteiger partial charge in [0, 0.05) is 37.5 Å². The molecule has 17 heavy (non-hydrogen) atoms. The van der Waals surface area contributed by atoms with E-state index in [4.69, 9.17) is 4.74 Å². The van der Waals surface area contributed by atoms with Gasteiger partial charge in [-0.05, 0) is 6.92 Å². The maximum atomic E-state index is 12.2. The minimum Gasteiger partial charge on any atom is -0.378 e. The van der Waals surface area contributed by atoms with Crippen LogP contribution in [0.5, 0.6) is 0 Å². The van der Waals surface area contributed by atoms with Crippen molar-refractivity contribution in [2.45, 2.75) is 12.3 Å². The zero-order valence-electron chi connectivity index (χ0n) is 9.57. The Labute approximate surface area is 104 Å². The van der Waals surface area contributed by atoms with Crippen LogP contribution < -0.4 is 0 Å². The molecule has 1 N–H and O–H groups in total. The summed E-state index contributed by atoms with van der Waals surface area (Å²) in [6, 6.07) is 0. The van der Waals surface area contributed by atoms with Crippen molar-refractivity contribution < 1.29 is 14.1 Å². The third-order valence-corrected chi connectivity index (χ3v) is 3.38. The van der Waals surface area contributed by atoms with Gasteiger partial charge in [-0.1, -0.05) is 0 Å². The first kappa shape index (κ1) is 12.4. The number of carbonyl (C=O) groups excluding carboxylic acids is 1. The lowest BCUT2D eigenvalue weighted by molar-refractivity contribution is -0.136. The quantitative estimate of drug-likeness (QED) is 0.810. The molecule has 1 unspecified atom stereocenters. The lowest BCUT2D eigenvalue weighted by Crippen LogP contribution is -2.43. The molecule has 1 saturated heterocycles. The van der Waals surface area contributed by atoms with E-state index in [9.17, 15) is 9.35 Å². The van der Waals surface area contributed by atoms with Crippen LogP contribution in [0, 0.1) is 6.92 Å². The molecule has 1 aromatic rings. The monoisotopic (exact) mass is 257 g/mol. The van der Waals surface area contributed by atoms with E-state index >= 15 is 0 Å². The van der Waals surface area contributed by atoms with Crippen LogP contribution >= 0.6 is 12.0 Å². The molecule has 0 bridgehead atoms. The predicted octanol–water partition coefficient (Wildman–Crippen LogP) is 0.755. The van der Waals surface area contributed by atoms with Crippen molar-refractivity contribution in [2.75, 3.05) is 26.3 Å². The van der Waals surface area contributed by atoms with Crippen LogP contribution in [0.3, 0.4) is 0 Å². The van der Waals surface area contributed by atoms with Gasteiger partial charge in [-0.3, -0.25) is 4.79 Å². The van der Waals surface area contributed by atoms with Crippen molar-refractivity contribution in [3.8, 4) is 0 Å². The van der Waals surface area contributed by atoms with E-state index in [1.165, 1.54) is 0 Å². The molecule has 0 spiro atoms. The van der Waals surface area contributed by atoms with E-state index in [1.807, 2.05) is 0 Å². The smallest absolute Gasteiger partial charge is 0.258 e. The highest BCUT2D eigenvalue weighted by Crippen LogP contribution is 2.24. The molecule has 94 valence electrons. The number of carbonyl (C=O) groups is 1. The number of ether oxygens (including phenoxy) is 1. The normalized spacial score (nSPS) is 18.1. The average Bonchev–Trinajstić information content (AvgIpc) is 2.78. The van der Waals surface area contributed by atoms with Gasteiger partial charge in [0.1, 0.15) is 5.82 Å². The third kappa shape index (κ3) is 2.62. The Hall–Kier alpha value is -1.05. The molecule has 1 atom stereocenters. The number of amides is 1. The Bertz CT molecular complexity index is 390. The molecule has 0 radical (unpaired) electrons. The van der Waals surface area contributed by atoms with Crippen molar-refractivity contribution in [1.82, 2.24) is 14.5 Å². The summed E-state index contributed by atoms with van der Waals surface area (Å²) in [5, 5.41) is -0.657. The molecule has 1 aromatic heterocycles. The van der Waals surface area contributed by atoms with Gasteiger partial charge in [0.25, 0.3) is 5.91 Å². The van der Waals surface area contributed by atoms with Crippen LogP contribution in [-0.4, -0.2) is 51.2 Å². The molecule has 7 heteroatoms. The van der Waals surface area contributed by atoms with E-state index < -0.39 is 5.37 Å². The van der Waals surface area contributed by atoms with Crippen LogP contribution in [0.25, 0.3) is 0 Å². The summed E-state index contributed by atoms with van der Waals surface area (Å²) in [7, 11) is 0. The van der Waals surface area contributed by atoms with Gasteiger partial charge in [0.2, 0.25) is 0 Å². The minimum absolute atomic E-state index is 0.109. The molecule has 1 fully saturated rings. The first-order chi connectivity index (χ1) is 8.24. The number of aromatic nitrogens is 2. The second kappa shape index (κ2) is 5.52. The second-order valence-electron chi connectivity index (χ2n) is 3.78. The van der Waals surface area contributed by atoms with Crippen molar-refractivity contribution >= 4 is 17.9 Å². The number of hydrogen-bond acceptors (Lipinski definition) is 5. The standard InChI is InChI=1S/C10H15N3O3S/c1-8-11-2-3-13(8)10(17-15)9(14)12-4-6-16-7-5-12/h2-3,10,15H,4-7H2,1H3. The fraction of sp³-hybridized carbons (Fsp3) is 0.600. The van der Waals surface area contributed by atoms with Crippen LogP contribution in [0.2, 0.25) is 0 Å². The molecule has 6 nitrogen and oxygen atoms in total. The van der Waals surface area contributed by atoms with E-state index in [0.717, 1.165) is 0 Å². The highest BCUT2D eigenvalue weighted by molar-refractivity contribution is 7.94. The lowest BCUT2D eigenvalue weighted by Gasteiger charge is -2.29. The Balaban J connectivity index is 2.12. The lowest BCUT2D eigenvalue weighted by atomic mass is 10.4. The molecule has 2 heterocycles. The first-order valence-electron chi connectivity index (χ1n) is 5.40. The number of imidazole rings is 1. The van der Waals surface area contributed by atoms with E-state index in [-0.39, 0.29) is 5.91 Å². The van der Waals surface area contributed by atoms with Crippen LogP contribution in [0.15, 0.2) is 12.4 Å². The molecule has 1 amide bonds. The van der Waals surface area contributed by atoms with Crippen molar-refractivity contribution in [1.29, 1.82) is 0 Å². The topological polar surface area (TPSA) is 67.6 Å². The molecule has 0 saturated carbocycles. The minimum atomic E-state index is -0.657. The average molecular weight is 257 g/mol. The molecular formula is C10H15N3O3S. The van der Waals surface area contributed by atoms with Gasteiger partial charge in [-0.15, -0.1) is 0 Å². The summed E-state index contributed by atoms with van der Waals surface area (Å²) in [6.07, 6.45) is 3.31. The molecule has 2 rings (SSSR count). The first-order valence-corrected chi connectivity index (χ1v) is 6.24. The Kier molecular flexibility index (Phi) is 4.03. The number of hydrogen-bond donors (Lipinski definition) is 1. The van der Waals surface area contributed by atoms with Gasteiger partial charge in [0.15, 0.2) is 5.37 Å². The highest BCUT2D eigenvalue weighted by atomic mass is 32.2. The van der Waals surface area contributed by atoms with Gasteiger partial charge in [-0.25, -0.2) is 4.98 Å². The van der Waals surface area contributed by atoms with E-state index in [2.05, 4.69) is 4.98 Å². The van der Waals surface area contributed by atoms with E-state index in [1.54, 1.807) is 28.8 Å². The van der Waals surface area contributed by atoms with Crippen LogP contribution in [0.4, 0.5) is 0 Å². The SMILES string of the molecule is Cc1nccn1C(SO)C(=O)N1CCOCC1. The number of morpholine rings is 1. The van der Waals surface area contributed by atoms with Crippen LogP contribution in [-0.2, 0) is 9.53 Å². The fourth-order valence-corrected chi connectivity index (χ4v) is 2.35. The Morgan fingerprint density at radius 2 is 2.29 bits per heavy atom. The summed E-state index contributed by atoms with van der Waals surface area (Å²) in [4.78, 5) is 18.0. The van der Waals surface area contributed by atoms with Crippen molar-refractivity contribution in [3.05, 3.63) is 18.2 Å². The predicted molar refractivity (Wildman–Crippen MR) is 63.6 cm³/mol. The second-order valence-corrected chi connectivity index (χ2v) is 4.43. The summed E-state index contributed by atoms with van der Waals surface area (Å²) >= 11 is 0.535. The zero-order valence-corrected chi connectivity index (χ0v) is 10.4. The van der Waals surface area contributed by atoms with Crippen molar-refractivity contribution in [2.24, 2.45) is 0 Å². The molecular weight excluding hydrogens is 242 g/mol. The maximum Gasteiger partial charge on any atom is 0.258 e. The largest absolute Gasteiger partial charge is 0.378 e. The number of aryl methyl sites for hydroxylation is 1. The van der Waals surface area contributed by atoms with Gasteiger partial charge >= 0.3 is 0 Å². The number of nitrogens with zero attached hydrogens (tertiary/aromatic N) is 3. The molecule has 0 aliphatic carbocycles. The van der Waals surface area contributed by atoms with Gasteiger partial charge < -0.3 is 18.8 Å². The molecule has 1 aliphatic rings. The van der Waals surface area contributed by atoms with Crippen LogP contribution in [0.1, 0.15) is 11.2 Å². The number of rotatable bonds is 3. The maximum absolute atomic E-state index is 12.2. The summed E-state index contributed by atoms with van der Waals surface area (Å²) in [5.41, 5.74) is 0. The Morgan fingerprint density at radius 3 is 2.82 bits per heavy atom. The van der Waals surface area contributed by atoms with Crippen molar-refractivity contribution in [3.63, 3.8) is 0 Å². The Morgan fingerprint density at radius 1 is 1.59 bits per heavy atom. The van der Waals surface area contributed by atoms with E-state index in [0.29, 0.717) is 44.2 Å². The molecule has 0 aromatic carbocycles. The van der Waals surface area contributed by atoms with Gasteiger partial charge in [-0.2, -0.15) is 0 Å². The summed E-state index contributed by atoms with van der Waals surface area (Å²) < 4.78 is 16.2.